The van der Waals surface area contributed by atoms with Crippen molar-refractivity contribution in [2.75, 3.05) is 40.4 Å². The zero-order valence-electron chi connectivity index (χ0n) is 17.2. The minimum atomic E-state index is -1.13. The lowest BCUT2D eigenvalue weighted by Crippen LogP contribution is -2.44. The summed E-state index contributed by atoms with van der Waals surface area (Å²) in [7, 11) is 6.31. The largest absolute Gasteiger partial charge is 0.466 e. The number of hydrogen-bond acceptors (Lipinski definition) is 9. The second-order valence-electron chi connectivity index (χ2n) is 6.63. The Morgan fingerprint density at radius 3 is 1.53 bits per heavy atom. The first-order chi connectivity index (χ1) is 14.3. The summed E-state index contributed by atoms with van der Waals surface area (Å²) in [5.74, 6) is -4.38. The highest BCUT2D eigenvalue weighted by Crippen LogP contribution is 2.51. The van der Waals surface area contributed by atoms with Crippen molar-refractivity contribution in [3.8, 4) is 0 Å². The number of carbonyl (C=O) groups excluding carboxylic acids is 4. The number of rotatable bonds is 4. The highest BCUT2D eigenvalue weighted by molar-refractivity contribution is 6.14. The van der Waals surface area contributed by atoms with E-state index in [1.807, 2.05) is 0 Å². The van der Waals surface area contributed by atoms with Crippen molar-refractivity contribution in [2.45, 2.75) is 12.0 Å². The van der Waals surface area contributed by atoms with Gasteiger partial charge in [0.2, 0.25) is 0 Å². The van der Waals surface area contributed by atoms with Crippen molar-refractivity contribution < 1.29 is 38.1 Å². The SMILES string of the molecule is COC(=O)C1=C(C(=O)OC)C2C(C(=O)OC)=C(C(=O)OC)C1c1ccccc1N2C. The number of anilines is 1. The van der Waals surface area contributed by atoms with Crippen molar-refractivity contribution in [3.05, 3.63) is 52.1 Å². The van der Waals surface area contributed by atoms with E-state index in [0.717, 1.165) is 0 Å². The Balaban J connectivity index is 2.52. The molecule has 158 valence electrons. The monoisotopic (exact) mass is 415 g/mol. The molecule has 0 N–H and O–H groups in total. The van der Waals surface area contributed by atoms with E-state index < -0.39 is 35.8 Å². The van der Waals surface area contributed by atoms with Crippen LogP contribution >= 0.6 is 0 Å². The summed E-state index contributed by atoms with van der Waals surface area (Å²) in [6, 6.07) is 5.84. The van der Waals surface area contributed by atoms with Gasteiger partial charge >= 0.3 is 23.9 Å². The molecule has 9 heteroatoms. The fourth-order valence-electron chi connectivity index (χ4n) is 4.12. The summed E-state index contributed by atoms with van der Waals surface area (Å²) >= 11 is 0. The van der Waals surface area contributed by atoms with Crippen LogP contribution in [0.15, 0.2) is 46.6 Å². The van der Waals surface area contributed by atoms with E-state index in [0.29, 0.717) is 11.3 Å². The summed E-state index contributed by atoms with van der Waals surface area (Å²) in [6.45, 7) is 0. The van der Waals surface area contributed by atoms with Gasteiger partial charge in [0.15, 0.2) is 0 Å². The molecule has 30 heavy (non-hydrogen) atoms. The van der Waals surface area contributed by atoms with Crippen molar-refractivity contribution in [1.29, 1.82) is 0 Å². The number of ether oxygens (including phenoxy) is 4. The van der Waals surface area contributed by atoms with Crippen molar-refractivity contribution in [2.24, 2.45) is 0 Å². The van der Waals surface area contributed by atoms with E-state index in [9.17, 15) is 19.2 Å². The van der Waals surface area contributed by atoms with E-state index in [-0.39, 0.29) is 22.3 Å². The Bertz CT molecular complexity index is 952. The molecule has 0 amide bonds. The van der Waals surface area contributed by atoms with Crippen LogP contribution in [-0.2, 0) is 38.1 Å². The first kappa shape index (κ1) is 21.1. The third-order valence-electron chi connectivity index (χ3n) is 5.34. The fourth-order valence-corrected chi connectivity index (χ4v) is 4.12. The van der Waals surface area contributed by atoms with Crippen LogP contribution in [0, 0.1) is 0 Å². The number of benzene rings is 1. The van der Waals surface area contributed by atoms with Gasteiger partial charge in [-0.3, -0.25) is 0 Å². The highest BCUT2D eigenvalue weighted by Gasteiger charge is 2.52. The van der Waals surface area contributed by atoms with Gasteiger partial charge in [-0.1, -0.05) is 18.2 Å². The molecule has 4 rings (SSSR count). The van der Waals surface area contributed by atoms with E-state index >= 15 is 0 Å². The number of methoxy groups -OCH3 is 4. The topological polar surface area (TPSA) is 108 Å². The predicted octanol–water partition coefficient (Wildman–Crippen LogP) is 0.887. The molecule has 2 heterocycles. The summed E-state index contributed by atoms with van der Waals surface area (Å²) in [5, 5.41) is 0. The molecule has 0 saturated carbocycles. The molecule has 3 aliphatic rings. The van der Waals surface area contributed by atoms with Gasteiger partial charge in [0, 0.05) is 12.7 Å². The van der Waals surface area contributed by atoms with Gasteiger partial charge in [0.1, 0.15) is 0 Å². The van der Waals surface area contributed by atoms with Gasteiger partial charge in [0.05, 0.1) is 62.7 Å². The van der Waals surface area contributed by atoms with E-state index in [1.165, 1.54) is 28.4 Å². The summed E-state index contributed by atoms with van der Waals surface area (Å²) in [6.07, 6.45) is 0. The van der Waals surface area contributed by atoms with Gasteiger partial charge in [0.25, 0.3) is 0 Å². The standard InChI is InChI=1S/C21H21NO8/c1-22-11-9-7-6-8-10(11)12-13(18(23)27-2)15(20(25)29-4)17(22)16(21(26)30-5)14(12)19(24)28-3/h6-9,12,17H,1-5H3. The second kappa shape index (κ2) is 8.02. The van der Waals surface area contributed by atoms with Crippen LogP contribution in [-0.4, -0.2) is 65.4 Å². The maximum absolute atomic E-state index is 12.9. The molecule has 0 radical (unpaired) electrons. The Morgan fingerprint density at radius 2 is 1.10 bits per heavy atom. The Hall–Kier alpha value is -3.62. The maximum Gasteiger partial charge on any atom is 0.336 e. The second-order valence-corrected chi connectivity index (χ2v) is 6.63. The molecule has 0 spiro atoms. The smallest absolute Gasteiger partial charge is 0.336 e. The number of likely N-dealkylation sites (N-methyl/N-ethyl adjacent to an activating group) is 1. The van der Waals surface area contributed by atoms with Crippen LogP contribution in [0.5, 0.6) is 0 Å². The molecule has 1 aromatic rings. The first-order valence-corrected chi connectivity index (χ1v) is 8.97. The molecule has 0 saturated heterocycles. The molecule has 2 bridgehead atoms. The lowest BCUT2D eigenvalue weighted by Gasteiger charge is -2.34. The van der Waals surface area contributed by atoms with Crippen LogP contribution in [0.2, 0.25) is 0 Å². The molecule has 0 fully saturated rings. The minimum absolute atomic E-state index is 0.0841. The third-order valence-corrected chi connectivity index (χ3v) is 5.34. The van der Waals surface area contributed by atoms with E-state index in [2.05, 4.69) is 0 Å². The lowest BCUT2D eigenvalue weighted by atomic mass is 9.73. The molecular weight excluding hydrogens is 394 g/mol. The normalized spacial score (nSPS) is 19.7. The average molecular weight is 415 g/mol. The van der Waals surface area contributed by atoms with Gasteiger partial charge in [-0.15, -0.1) is 0 Å². The van der Waals surface area contributed by atoms with Gasteiger partial charge < -0.3 is 23.8 Å². The highest BCUT2D eigenvalue weighted by atomic mass is 16.5. The maximum atomic E-state index is 12.9. The fraction of sp³-hybridized carbons (Fsp3) is 0.333. The molecule has 0 atom stereocenters. The summed E-state index contributed by atoms with van der Waals surface area (Å²) in [4.78, 5) is 53.0. The van der Waals surface area contributed by atoms with Crippen LogP contribution in [0.1, 0.15) is 11.5 Å². The van der Waals surface area contributed by atoms with Crippen LogP contribution < -0.4 is 4.90 Å². The van der Waals surface area contributed by atoms with Crippen LogP contribution in [0.4, 0.5) is 5.69 Å². The number of carbonyl (C=O) groups is 4. The van der Waals surface area contributed by atoms with E-state index in [1.54, 1.807) is 36.2 Å². The molecule has 0 aromatic heterocycles. The average Bonchev–Trinajstić information content (AvgIpc) is 2.96. The molecule has 2 aliphatic heterocycles. The zero-order valence-corrected chi connectivity index (χ0v) is 17.2. The molecular formula is C21H21NO8. The minimum Gasteiger partial charge on any atom is -0.466 e. The van der Waals surface area contributed by atoms with Gasteiger partial charge in [-0.25, -0.2) is 19.2 Å². The van der Waals surface area contributed by atoms with Gasteiger partial charge in [-0.05, 0) is 11.6 Å². The number of nitrogens with zero attached hydrogens (tertiary/aromatic N) is 1. The van der Waals surface area contributed by atoms with Crippen molar-refractivity contribution >= 4 is 29.6 Å². The lowest BCUT2D eigenvalue weighted by molar-refractivity contribution is -0.142. The van der Waals surface area contributed by atoms with Crippen molar-refractivity contribution in [1.82, 2.24) is 0 Å². The third kappa shape index (κ3) is 2.94. The quantitative estimate of drug-likeness (QED) is 0.523. The number of esters is 4. The Kier molecular flexibility index (Phi) is 5.64. The molecule has 1 aliphatic carbocycles. The van der Waals surface area contributed by atoms with Crippen LogP contribution in [0.25, 0.3) is 0 Å². The summed E-state index contributed by atoms with van der Waals surface area (Å²) in [5.41, 5.74) is 0.789. The van der Waals surface area contributed by atoms with Crippen LogP contribution in [0.3, 0.4) is 0 Å². The number of para-hydroxylation sites is 1. The van der Waals surface area contributed by atoms with Gasteiger partial charge in [-0.2, -0.15) is 0 Å². The molecule has 1 aromatic carbocycles. The molecule has 9 nitrogen and oxygen atoms in total. The zero-order chi connectivity index (χ0) is 22.2. The predicted molar refractivity (Wildman–Crippen MR) is 103 cm³/mol. The van der Waals surface area contributed by atoms with Crippen molar-refractivity contribution in [3.63, 3.8) is 0 Å². The summed E-state index contributed by atoms with van der Waals surface area (Å²) < 4.78 is 19.7. The Labute approximate surface area is 172 Å². The molecule has 0 unspecified atom stereocenters. The van der Waals surface area contributed by atoms with E-state index in [4.69, 9.17) is 18.9 Å². The Morgan fingerprint density at radius 1 is 0.700 bits per heavy atom. The first-order valence-electron chi connectivity index (χ1n) is 8.97. The number of hydrogen-bond donors (Lipinski definition) is 0.